The van der Waals surface area contributed by atoms with Crippen LogP contribution in [0.5, 0.6) is 23.0 Å². The van der Waals surface area contributed by atoms with E-state index in [2.05, 4.69) is 4.98 Å². The summed E-state index contributed by atoms with van der Waals surface area (Å²) in [6.07, 6.45) is -1.73. The molecule has 1 aromatic heterocycles. The molecule has 0 unspecified atom stereocenters. The van der Waals surface area contributed by atoms with Crippen LogP contribution >= 0.6 is 0 Å². The number of aromatic nitrogens is 1. The zero-order valence-corrected chi connectivity index (χ0v) is 23.3. The molecule has 0 saturated carbocycles. The highest BCUT2D eigenvalue weighted by atomic mass is 19.1. The van der Waals surface area contributed by atoms with E-state index < -0.39 is 18.1 Å². The number of carbonyl (C=O) groups excluding carboxylic acids is 2. The SMILES string of the molecule is COc1cc2[nH]c(C(=O)CCC(O)O)cc2cc1OCCCOc1c(OC)cc2c(c1F)CN(C(=O)CCC(=O)O)C2. The van der Waals surface area contributed by atoms with Crippen LogP contribution in [0.1, 0.15) is 53.7 Å². The first-order valence-corrected chi connectivity index (χ1v) is 13.3. The van der Waals surface area contributed by atoms with Crippen molar-refractivity contribution < 1.29 is 53.0 Å². The van der Waals surface area contributed by atoms with Crippen LogP contribution in [0, 0.1) is 5.82 Å². The predicted octanol–water partition coefficient (Wildman–Crippen LogP) is 3.15. The second-order valence-electron chi connectivity index (χ2n) is 9.77. The second kappa shape index (κ2) is 13.5. The van der Waals surface area contributed by atoms with Gasteiger partial charge in [0.1, 0.15) is 0 Å². The molecule has 0 bridgehead atoms. The van der Waals surface area contributed by atoms with Gasteiger partial charge in [-0.1, -0.05) is 0 Å². The first kappa shape index (κ1) is 30.6. The lowest BCUT2D eigenvalue weighted by atomic mass is 10.1. The normalized spacial score (nSPS) is 12.5. The lowest BCUT2D eigenvalue weighted by Gasteiger charge is -2.15. The minimum absolute atomic E-state index is 0.0151. The summed E-state index contributed by atoms with van der Waals surface area (Å²) >= 11 is 0. The Morgan fingerprint density at radius 1 is 0.952 bits per heavy atom. The number of hydrogen-bond donors (Lipinski definition) is 4. The summed E-state index contributed by atoms with van der Waals surface area (Å²) in [5.74, 6) is -1.36. The van der Waals surface area contributed by atoms with Crippen LogP contribution in [0.15, 0.2) is 24.3 Å². The molecular weight excluding hydrogens is 555 g/mol. The number of H-pyrrole nitrogens is 1. The molecule has 2 heterocycles. The Balaban J connectivity index is 1.36. The molecule has 4 rings (SSSR count). The van der Waals surface area contributed by atoms with Crippen LogP contribution in [0.2, 0.25) is 0 Å². The average Bonchev–Trinajstić information content (AvgIpc) is 3.59. The van der Waals surface area contributed by atoms with E-state index in [1.807, 2.05) is 0 Å². The molecule has 1 aliphatic heterocycles. The van der Waals surface area contributed by atoms with E-state index in [9.17, 15) is 14.4 Å². The molecular formula is C29H33FN2O10. The molecule has 12 nitrogen and oxygen atoms in total. The summed E-state index contributed by atoms with van der Waals surface area (Å²) < 4.78 is 37.8. The molecule has 0 radical (unpaired) electrons. The number of Topliss-reactive ketones (excluding diaryl/α,β-unsaturated/α-hetero) is 1. The number of aliphatic hydroxyl groups excluding tert-OH is 1. The molecule has 0 aliphatic carbocycles. The second-order valence-corrected chi connectivity index (χ2v) is 9.77. The maximum atomic E-state index is 15.4. The summed E-state index contributed by atoms with van der Waals surface area (Å²) in [6, 6.07) is 6.69. The number of ether oxygens (including phenoxy) is 4. The number of fused-ring (bicyclic) bond motifs is 2. The van der Waals surface area contributed by atoms with Crippen molar-refractivity contribution in [2.24, 2.45) is 0 Å². The number of hydrogen-bond acceptors (Lipinski definition) is 9. The first-order chi connectivity index (χ1) is 20.1. The number of aromatic amines is 1. The van der Waals surface area contributed by atoms with Crippen LogP contribution < -0.4 is 18.9 Å². The van der Waals surface area contributed by atoms with E-state index in [0.717, 1.165) is 0 Å². The van der Waals surface area contributed by atoms with Gasteiger partial charge in [-0.15, -0.1) is 0 Å². The maximum Gasteiger partial charge on any atom is 0.303 e. The van der Waals surface area contributed by atoms with Crippen molar-refractivity contribution in [3.05, 3.63) is 46.9 Å². The molecule has 226 valence electrons. The van der Waals surface area contributed by atoms with Gasteiger partial charge < -0.3 is 44.2 Å². The van der Waals surface area contributed by atoms with Gasteiger partial charge in [0, 0.05) is 61.3 Å². The van der Waals surface area contributed by atoms with Gasteiger partial charge in [-0.3, -0.25) is 14.4 Å². The fraction of sp³-hybridized carbons (Fsp3) is 0.414. The first-order valence-electron chi connectivity index (χ1n) is 13.3. The fourth-order valence-corrected chi connectivity index (χ4v) is 4.67. The Labute approximate surface area is 240 Å². The average molecular weight is 589 g/mol. The number of carbonyl (C=O) groups is 3. The number of benzene rings is 2. The van der Waals surface area contributed by atoms with Gasteiger partial charge in [0.15, 0.2) is 40.9 Å². The van der Waals surface area contributed by atoms with Crippen LogP contribution in [-0.4, -0.2) is 76.6 Å². The van der Waals surface area contributed by atoms with Crippen molar-refractivity contribution in [2.45, 2.75) is 51.5 Å². The molecule has 42 heavy (non-hydrogen) atoms. The Kier molecular flexibility index (Phi) is 9.86. The maximum absolute atomic E-state index is 15.4. The number of aliphatic hydroxyl groups is 2. The Hall–Kier alpha value is -4.36. The van der Waals surface area contributed by atoms with Gasteiger partial charge in [0.25, 0.3) is 0 Å². The van der Waals surface area contributed by atoms with Crippen LogP contribution in [0.4, 0.5) is 4.39 Å². The summed E-state index contributed by atoms with van der Waals surface area (Å²) in [5, 5.41) is 27.6. The van der Waals surface area contributed by atoms with Gasteiger partial charge in [0.05, 0.1) is 39.5 Å². The predicted molar refractivity (Wildman–Crippen MR) is 146 cm³/mol. The number of carboxylic acid groups (broad SMARTS) is 1. The molecule has 3 aromatic rings. The highest BCUT2D eigenvalue weighted by Crippen LogP contribution is 2.39. The Bertz CT molecular complexity index is 1470. The van der Waals surface area contributed by atoms with E-state index in [1.54, 1.807) is 24.3 Å². The van der Waals surface area contributed by atoms with Crippen LogP contribution in [0.3, 0.4) is 0 Å². The lowest BCUT2D eigenvalue weighted by molar-refractivity contribution is -0.141. The van der Waals surface area contributed by atoms with Gasteiger partial charge in [-0.2, -0.15) is 0 Å². The molecule has 0 saturated heterocycles. The molecule has 2 aromatic carbocycles. The van der Waals surface area contributed by atoms with Crippen LogP contribution in [0.25, 0.3) is 10.9 Å². The number of amides is 1. The number of halogens is 1. The summed E-state index contributed by atoms with van der Waals surface area (Å²) in [6.45, 7) is 0.468. The molecule has 13 heteroatoms. The van der Waals surface area contributed by atoms with E-state index in [-0.39, 0.29) is 75.2 Å². The number of nitrogens with one attached hydrogen (secondary N) is 1. The largest absolute Gasteiger partial charge is 0.493 e. The molecule has 0 atom stereocenters. The third kappa shape index (κ3) is 7.09. The third-order valence-corrected chi connectivity index (χ3v) is 6.84. The fourth-order valence-electron chi connectivity index (χ4n) is 4.67. The number of carboxylic acids is 1. The monoisotopic (exact) mass is 588 g/mol. The van der Waals surface area contributed by atoms with Crippen molar-refractivity contribution in [3.63, 3.8) is 0 Å². The van der Waals surface area contributed by atoms with E-state index in [0.29, 0.717) is 45.6 Å². The minimum Gasteiger partial charge on any atom is -0.493 e. The highest BCUT2D eigenvalue weighted by Gasteiger charge is 2.30. The standard InChI is InChI=1S/C29H33FN2O10/c1-39-22-13-19-16(10-20(31-19)21(33)4-6-26(35)36)11-23(22)41-8-3-9-42-29-24(40-2)12-17-14-32(15-18(17)28(29)30)25(34)5-7-27(37)38/h10-13,26,31,35-36H,3-9,14-15H2,1-2H3,(H,37,38). The minimum atomic E-state index is -1.56. The number of aliphatic carboxylic acids is 1. The van der Waals surface area contributed by atoms with E-state index in [1.165, 1.54) is 19.1 Å². The van der Waals surface area contributed by atoms with Gasteiger partial charge in [0.2, 0.25) is 5.91 Å². The number of methoxy groups -OCH3 is 2. The smallest absolute Gasteiger partial charge is 0.303 e. The topological polar surface area (TPSA) is 168 Å². The molecule has 0 spiro atoms. The Morgan fingerprint density at radius 3 is 2.38 bits per heavy atom. The van der Waals surface area contributed by atoms with E-state index >= 15 is 4.39 Å². The third-order valence-electron chi connectivity index (χ3n) is 6.84. The number of rotatable bonds is 15. The number of ketones is 1. The van der Waals surface area contributed by atoms with Crippen molar-refractivity contribution in [3.8, 4) is 23.0 Å². The molecule has 1 aliphatic rings. The molecule has 4 N–H and O–H groups in total. The van der Waals surface area contributed by atoms with Crippen molar-refractivity contribution in [1.82, 2.24) is 9.88 Å². The van der Waals surface area contributed by atoms with Crippen molar-refractivity contribution in [1.29, 1.82) is 0 Å². The van der Waals surface area contributed by atoms with Gasteiger partial charge in [-0.05, 0) is 23.8 Å². The van der Waals surface area contributed by atoms with Crippen molar-refractivity contribution >= 4 is 28.6 Å². The van der Waals surface area contributed by atoms with Crippen LogP contribution in [-0.2, 0) is 22.7 Å². The lowest BCUT2D eigenvalue weighted by Crippen LogP contribution is -2.25. The van der Waals surface area contributed by atoms with Gasteiger partial charge in [-0.25, -0.2) is 4.39 Å². The highest BCUT2D eigenvalue weighted by molar-refractivity contribution is 6.00. The summed E-state index contributed by atoms with van der Waals surface area (Å²) in [5.41, 5.74) is 1.86. The zero-order chi connectivity index (χ0) is 30.4. The molecule has 0 fully saturated rings. The Morgan fingerprint density at radius 2 is 1.69 bits per heavy atom. The van der Waals surface area contributed by atoms with E-state index in [4.69, 9.17) is 34.3 Å². The zero-order valence-electron chi connectivity index (χ0n) is 23.3. The van der Waals surface area contributed by atoms with Crippen molar-refractivity contribution in [2.75, 3.05) is 27.4 Å². The van der Waals surface area contributed by atoms with Gasteiger partial charge >= 0.3 is 5.97 Å². The number of nitrogens with zero attached hydrogens (tertiary/aromatic N) is 1. The quantitative estimate of drug-likeness (QED) is 0.118. The summed E-state index contributed by atoms with van der Waals surface area (Å²) in [4.78, 5) is 39.9. The summed E-state index contributed by atoms with van der Waals surface area (Å²) in [7, 11) is 2.87. The molecule has 1 amide bonds.